The number of benzene rings is 1. The van der Waals surface area contributed by atoms with Crippen molar-refractivity contribution in [2.24, 2.45) is 0 Å². The Labute approximate surface area is 165 Å². The van der Waals surface area contributed by atoms with Crippen LogP contribution in [0, 0.1) is 18.8 Å². The summed E-state index contributed by atoms with van der Waals surface area (Å²) in [6.07, 6.45) is 1.64. The molecule has 2 rings (SSSR count). The fourth-order valence-electron chi connectivity index (χ4n) is 2.30. The van der Waals surface area contributed by atoms with Crippen LogP contribution >= 0.6 is 0 Å². The van der Waals surface area contributed by atoms with Gasteiger partial charge in [0.05, 0.1) is 14.2 Å². The summed E-state index contributed by atoms with van der Waals surface area (Å²) >= 11 is 0. The van der Waals surface area contributed by atoms with Gasteiger partial charge in [0.2, 0.25) is 11.8 Å². The number of aryl methyl sites for hydroxylation is 1. The highest BCUT2D eigenvalue weighted by Crippen LogP contribution is 2.15. The highest BCUT2D eigenvalue weighted by atomic mass is 16.7. The molecule has 0 saturated heterocycles. The molecule has 7 heteroatoms. The SMILES string of the molecule is COc1ccc(COc2cc(C#CCCCC(=O)N(C)OC)nc(C)n2)cc1. The Morgan fingerprint density at radius 1 is 1.18 bits per heavy atom. The number of unbranched alkanes of at least 4 members (excludes halogenated alkanes) is 1. The van der Waals surface area contributed by atoms with E-state index in [1.807, 2.05) is 24.3 Å². The van der Waals surface area contributed by atoms with E-state index < -0.39 is 0 Å². The number of carbonyl (C=O) groups is 1. The summed E-state index contributed by atoms with van der Waals surface area (Å²) in [5, 5.41) is 1.22. The van der Waals surface area contributed by atoms with Gasteiger partial charge >= 0.3 is 0 Å². The quantitative estimate of drug-likeness (QED) is 0.396. The molecule has 1 amide bonds. The summed E-state index contributed by atoms with van der Waals surface area (Å²) < 4.78 is 10.9. The van der Waals surface area contributed by atoms with Crippen molar-refractivity contribution < 1.29 is 19.1 Å². The van der Waals surface area contributed by atoms with E-state index in [1.165, 1.54) is 12.2 Å². The molecule has 148 valence electrons. The third kappa shape index (κ3) is 6.89. The van der Waals surface area contributed by atoms with Gasteiger partial charge in [-0.25, -0.2) is 10.0 Å². The van der Waals surface area contributed by atoms with Crippen molar-refractivity contribution in [2.75, 3.05) is 21.3 Å². The molecule has 1 aromatic heterocycles. The van der Waals surface area contributed by atoms with Gasteiger partial charge in [0.15, 0.2) is 0 Å². The molecule has 7 nitrogen and oxygen atoms in total. The van der Waals surface area contributed by atoms with Gasteiger partial charge < -0.3 is 9.47 Å². The van der Waals surface area contributed by atoms with Crippen LogP contribution in [0.5, 0.6) is 11.6 Å². The number of nitrogens with zero attached hydrogens (tertiary/aromatic N) is 3. The monoisotopic (exact) mass is 383 g/mol. The van der Waals surface area contributed by atoms with Crippen LogP contribution in [0.4, 0.5) is 0 Å². The van der Waals surface area contributed by atoms with Crippen LogP contribution in [0.1, 0.15) is 36.3 Å². The van der Waals surface area contributed by atoms with Crippen molar-refractivity contribution >= 4 is 5.91 Å². The number of carbonyl (C=O) groups excluding carboxylic acids is 1. The van der Waals surface area contributed by atoms with Crippen LogP contribution in [-0.4, -0.2) is 42.2 Å². The van der Waals surface area contributed by atoms with Crippen molar-refractivity contribution in [3.05, 3.63) is 47.4 Å². The second kappa shape index (κ2) is 10.9. The van der Waals surface area contributed by atoms with E-state index in [-0.39, 0.29) is 5.91 Å². The molecule has 0 saturated carbocycles. The Balaban J connectivity index is 1.89. The summed E-state index contributed by atoms with van der Waals surface area (Å²) in [5.41, 5.74) is 1.60. The number of aromatic nitrogens is 2. The summed E-state index contributed by atoms with van der Waals surface area (Å²) in [6, 6.07) is 9.37. The lowest BCUT2D eigenvalue weighted by Crippen LogP contribution is -2.24. The number of methoxy groups -OCH3 is 1. The van der Waals surface area contributed by atoms with E-state index in [1.54, 1.807) is 27.1 Å². The van der Waals surface area contributed by atoms with E-state index in [9.17, 15) is 4.79 Å². The maximum Gasteiger partial charge on any atom is 0.245 e. The molecule has 0 atom stereocenters. The molecule has 28 heavy (non-hydrogen) atoms. The average molecular weight is 383 g/mol. The Morgan fingerprint density at radius 3 is 2.61 bits per heavy atom. The molecule has 1 aromatic carbocycles. The van der Waals surface area contributed by atoms with Crippen molar-refractivity contribution in [1.29, 1.82) is 0 Å². The summed E-state index contributed by atoms with van der Waals surface area (Å²) in [6.45, 7) is 2.19. The van der Waals surface area contributed by atoms with Crippen molar-refractivity contribution in [2.45, 2.75) is 32.8 Å². The second-order valence-electron chi connectivity index (χ2n) is 6.00. The molecule has 0 fully saturated rings. The minimum atomic E-state index is -0.0728. The summed E-state index contributed by atoms with van der Waals surface area (Å²) in [7, 11) is 4.68. The maximum absolute atomic E-state index is 11.6. The first-order valence-corrected chi connectivity index (χ1v) is 8.92. The number of hydrogen-bond donors (Lipinski definition) is 0. The molecule has 0 bridgehead atoms. The molecule has 1 heterocycles. The molecule has 0 unspecified atom stereocenters. The summed E-state index contributed by atoms with van der Waals surface area (Å²) in [4.78, 5) is 25.1. The maximum atomic E-state index is 11.6. The highest BCUT2D eigenvalue weighted by Gasteiger charge is 2.06. The highest BCUT2D eigenvalue weighted by molar-refractivity contribution is 5.74. The molecule has 0 aliphatic heterocycles. The number of hydroxylamine groups is 2. The predicted octanol–water partition coefficient (Wildman–Crippen LogP) is 2.91. The fourth-order valence-corrected chi connectivity index (χ4v) is 2.30. The molecular weight excluding hydrogens is 358 g/mol. The van der Waals surface area contributed by atoms with Gasteiger partial charge in [-0.15, -0.1) is 0 Å². The van der Waals surface area contributed by atoms with Crippen molar-refractivity contribution in [3.63, 3.8) is 0 Å². The summed E-state index contributed by atoms with van der Waals surface area (Å²) in [5.74, 6) is 7.83. The normalized spacial score (nSPS) is 10.0. The topological polar surface area (TPSA) is 73.8 Å². The number of hydrogen-bond acceptors (Lipinski definition) is 6. The molecule has 0 aliphatic carbocycles. The van der Waals surface area contributed by atoms with Crippen molar-refractivity contribution in [1.82, 2.24) is 15.0 Å². The Morgan fingerprint density at radius 2 is 1.93 bits per heavy atom. The standard InChI is InChI=1S/C21H25N3O4/c1-16-22-18(8-6-5-7-9-21(25)24(2)27-4)14-20(23-16)28-15-17-10-12-19(26-3)13-11-17/h10-14H,5,7,9,15H2,1-4H3. The van der Waals surface area contributed by atoms with E-state index in [0.717, 1.165) is 11.3 Å². The molecule has 2 aromatic rings. The van der Waals surface area contributed by atoms with Gasteiger partial charge in [-0.05, 0) is 37.0 Å². The third-order valence-corrected chi connectivity index (χ3v) is 3.89. The van der Waals surface area contributed by atoms with Gasteiger partial charge in [0, 0.05) is 26.0 Å². The molecule has 0 spiro atoms. The third-order valence-electron chi connectivity index (χ3n) is 3.89. The minimum Gasteiger partial charge on any atom is -0.497 e. The Bertz CT molecular complexity index is 841. The lowest BCUT2D eigenvalue weighted by molar-refractivity contribution is -0.168. The zero-order valence-corrected chi connectivity index (χ0v) is 16.7. The van der Waals surface area contributed by atoms with Crippen LogP contribution < -0.4 is 9.47 Å². The van der Waals surface area contributed by atoms with Gasteiger partial charge in [-0.3, -0.25) is 9.63 Å². The zero-order valence-electron chi connectivity index (χ0n) is 16.7. The lowest BCUT2D eigenvalue weighted by atomic mass is 10.2. The van der Waals surface area contributed by atoms with E-state index in [2.05, 4.69) is 21.8 Å². The molecule has 0 N–H and O–H groups in total. The zero-order chi connectivity index (χ0) is 20.4. The molecule has 0 aliphatic rings. The predicted molar refractivity (Wildman–Crippen MR) is 105 cm³/mol. The van der Waals surface area contributed by atoms with Crippen LogP contribution in [-0.2, 0) is 16.2 Å². The van der Waals surface area contributed by atoms with Gasteiger partial charge in [-0.2, -0.15) is 4.98 Å². The minimum absolute atomic E-state index is 0.0728. The molecule has 0 radical (unpaired) electrons. The van der Waals surface area contributed by atoms with Gasteiger partial charge in [0.25, 0.3) is 0 Å². The number of amides is 1. The van der Waals surface area contributed by atoms with E-state index in [4.69, 9.17) is 14.3 Å². The Kier molecular flexibility index (Phi) is 8.25. The number of rotatable bonds is 8. The Hall–Kier alpha value is -3.11. The largest absolute Gasteiger partial charge is 0.497 e. The van der Waals surface area contributed by atoms with E-state index >= 15 is 0 Å². The van der Waals surface area contributed by atoms with Crippen molar-refractivity contribution in [3.8, 4) is 23.5 Å². The number of ether oxygens (including phenoxy) is 2. The first-order valence-electron chi connectivity index (χ1n) is 8.92. The van der Waals surface area contributed by atoms with Crippen LogP contribution in [0.2, 0.25) is 0 Å². The van der Waals surface area contributed by atoms with Crippen LogP contribution in [0.3, 0.4) is 0 Å². The smallest absolute Gasteiger partial charge is 0.245 e. The first-order chi connectivity index (χ1) is 13.5. The average Bonchev–Trinajstić information content (AvgIpc) is 2.71. The fraction of sp³-hybridized carbons (Fsp3) is 0.381. The first kappa shape index (κ1) is 21.2. The molecular formula is C21H25N3O4. The van der Waals surface area contributed by atoms with Gasteiger partial charge in [-0.1, -0.05) is 18.1 Å². The van der Waals surface area contributed by atoms with E-state index in [0.29, 0.717) is 43.3 Å². The van der Waals surface area contributed by atoms with Gasteiger partial charge in [0.1, 0.15) is 23.9 Å². The van der Waals surface area contributed by atoms with Crippen LogP contribution in [0.25, 0.3) is 0 Å². The van der Waals surface area contributed by atoms with Crippen LogP contribution in [0.15, 0.2) is 30.3 Å². The lowest BCUT2D eigenvalue weighted by Gasteiger charge is -2.12. The second-order valence-corrected chi connectivity index (χ2v) is 6.00.